The molecule has 0 unspecified atom stereocenters. The molecule has 31 heavy (non-hydrogen) atoms. The molecule has 1 aromatic carbocycles. The first kappa shape index (κ1) is 21.8. The van der Waals surface area contributed by atoms with E-state index in [0.29, 0.717) is 32.7 Å². The Kier molecular flexibility index (Phi) is 6.57. The van der Waals surface area contributed by atoms with Gasteiger partial charge >= 0.3 is 6.18 Å². The van der Waals surface area contributed by atoms with Crippen LogP contribution >= 0.6 is 0 Å². The van der Waals surface area contributed by atoms with Gasteiger partial charge in [0.1, 0.15) is 17.8 Å². The molecule has 168 valence electrons. The molecular formula is C21H26F3N5O2. The van der Waals surface area contributed by atoms with E-state index in [-0.39, 0.29) is 12.0 Å². The number of nitrogens with one attached hydrogen (secondary N) is 1. The molecule has 3 heterocycles. The summed E-state index contributed by atoms with van der Waals surface area (Å²) in [7, 11) is 0. The van der Waals surface area contributed by atoms with Crippen LogP contribution in [0.4, 0.5) is 13.2 Å². The van der Waals surface area contributed by atoms with Crippen LogP contribution in [0, 0.1) is 0 Å². The van der Waals surface area contributed by atoms with Crippen molar-refractivity contribution in [3.63, 3.8) is 0 Å². The van der Waals surface area contributed by atoms with Gasteiger partial charge in [-0.15, -0.1) is 10.2 Å². The number of hydrogen-bond donors (Lipinski definition) is 1. The van der Waals surface area contributed by atoms with Gasteiger partial charge in [-0.25, -0.2) is 0 Å². The van der Waals surface area contributed by atoms with E-state index in [1.165, 1.54) is 12.1 Å². The third-order valence-electron chi connectivity index (χ3n) is 5.75. The largest absolute Gasteiger partial charge is 0.416 e. The number of hydrogen-bond acceptors (Lipinski definition) is 5. The molecule has 7 nitrogen and oxygen atoms in total. The summed E-state index contributed by atoms with van der Waals surface area (Å²) in [5.41, 5.74) is 0.220. The summed E-state index contributed by atoms with van der Waals surface area (Å²) < 4.78 is 45.7. The van der Waals surface area contributed by atoms with E-state index in [1.54, 1.807) is 0 Å². The van der Waals surface area contributed by atoms with Gasteiger partial charge in [-0.1, -0.05) is 12.1 Å². The zero-order chi connectivity index (χ0) is 21.8. The van der Waals surface area contributed by atoms with E-state index in [0.717, 1.165) is 61.7 Å². The number of ether oxygens (including phenoxy) is 1. The van der Waals surface area contributed by atoms with Crippen LogP contribution < -0.4 is 5.32 Å². The second kappa shape index (κ2) is 9.35. The maximum Gasteiger partial charge on any atom is 0.416 e. The summed E-state index contributed by atoms with van der Waals surface area (Å²) >= 11 is 0. The summed E-state index contributed by atoms with van der Waals surface area (Å²) in [6.07, 6.45) is -1.67. The number of halogens is 3. The summed E-state index contributed by atoms with van der Waals surface area (Å²) in [6.45, 7) is 3.92. The number of fused-ring (bicyclic) bond motifs is 1. The molecule has 1 saturated heterocycles. The Labute approximate surface area is 178 Å². The van der Waals surface area contributed by atoms with Gasteiger partial charge in [0.2, 0.25) is 5.91 Å². The van der Waals surface area contributed by atoms with E-state index >= 15 is 0 Å². The van der Waals surface area contributed by atoms with Crippen LogP contribution in [-0.2, 0) is 41.6 Å². The quantitative estimate of drug-likeness (QED) is 0.750. The fourth-order valence-corrected chi connectivity index (χ4v) is 4.02. The zero-order valence-electron chi connectivity index (χ0n) is 17.2. The van der Waals surface area contributed by atoms with Gasteiger partial charge in [-0.3, -0.25) is 9.69 Å². The minimum Gasteiger partial charge on any atom is -0.368 e. The number of aromatic nitrogens is 3. The van der Waals surface area contributed by atoms with Crippen molar-refractivity contribution < 1.29 is 22.7 Å². The molecule has 2 aliphatic heterocycles. The van der Waals surface area contributed by atoms with Crippen molar-refractivity contribution in [2.75, 3.05) is 26.2 Å². The molecule has 4 rings (SSSR count). The van der Waals surface area contributed by atoms with Crippen molar-refractivity contribution in [1.82, 2.24) is 25.0 Å². The number of amides is 1. The lowest BCUT2D eigenvalue weighted by Crippen LogP contribution is -2.35. The normalized spacial score (nSPS) is 19.8. The second-order valence-electron chi connectivity index (χ2n) is 7.95. The number of nitrogens with zero attached hydrogens (tertiary/aromatic N) is 4. The number of alkyl halides is 3. The van der Waals surface area contributed by atoms with E-state index in [9.17, 15) is 18.0 Å². The van der Waals surface area contributed by atoms with Crippen LogP contribution in [0.1, 0.15) is 35.6 Å². The van der Waals surface area contributed by atoms with Gasteiger partial charge in [0.25, 0.3) is 0 Å². The molecule has 0 saturated carbocycles. The molecule has 1 atom stereocenters. The van der Waals surface area contributed by atoms with Crippen molar-refractivity contribution in [2.45, 2.75) is 51.1 Å². The van der Waals surface area contributed by atoms with Gasteiger partial charge in [0.05, 0.1) is 5.56 Å². The highest BCUT2D eigenvalue weighted by atomic mass is 19.4. The van der Waals surface area contributed by atoms with Crippen molar-refractivity contribution in [3.8, 4) is 0 Å². The molecule has 1 aromatic heterocycles. The van der Waals surface area contributed by atoms with Crippen molar-refractivity contribution >= 4 is 5.91 Å². The van der Waals surface area contributed by atoms with E-state index in [2.05, 4.69) is 25.0 Å². The summed E-state index contributed by atoms with van der Waals surface area (Å²) in [5.74, 6) is 1.66. The van der Waals surface area contributed by atoms with Crippen molar-refractivity contribution in [1.29, 1.82) is 0 Å². The molecule has 10 heteroatoms. The number of benzene rings is 1. The van der Waals surface area contributed by atoms with Crippen LogP contribution in [0.3, 0.4) is 0 Å². The van der Waals surface area contributed by atoms with Crippen molar-refractivity contribution in [3.05, 3.63) is 47.0 Å². The standard InChI is InChI=1S/C21H26F3N5O2/c22-21(23,24)16-5-3-15(4-6-16)14-28-10-8-19-27-26-18(29(19)12-11-28)7-9-25-20(30)17-2-1-13-31-17/h3-6,17H,1-2,7-14H2,(H,25,30)/t17-/m0/s1. The highest BCUT2D eigenvalue weighted by Gasteiger charge is 2.30. The van der Waals surface area contributed by atoms with Gasteiger partial charge < -0.3 is 14.6 Å². The first-order valence-corrected chi connectivity index (χ1v) is 10.6. The molecular weight excluding hydrogens is 411 g/mol. The lowest BCUT2D eigenvalue weighted by Gasteiger charge is -2.20. The highest BCUT2D eigenvalue weighted by Crippen LogP contribution is 2.29. The van der Waals surface area contributed by atoms with Gasteiger partial charge in [-0.05, 0) is 30.5 Å². The third-order valence-corrected chi connectivity index (χ3v) is 5.75. The molecule has 1 N–H and O–H groups in total. The highest BCUT2D eigenvalue weighted by molar-refractivity contribution is 5.80. The van der Waals surface area contributed by atoms with E-state index < -0.39 is 11.7 Å². The van der Waals surface area contributed by atoms with Crippen LogP contribution in [0.2, 0.25) is 0 Å². The Morgan fingerprint density at radius 1 is 1.16 bits per heavy atom. The number of carbonyl (C=O) groups excluding carboxylic acids is 1. The minimum atomic E-state index is -4.32. The number of carbonyl (C=O) groups is 1. The first-order valence-electron chi connectivity index (χ1n) is 10.6. The SMILES string of the molecule is O=C(NCCc1nnc2n1CCN(Cc1ccc(C(F)(F)F)cc1)CC2)[C@@H]1CCCO1. The maximum atomic E-state index is 12.7. The average molecular weight is 437 g/mol. The Morgan fingerprint density at radius 3 is 2.68 bits per heavy atom. The molecule has 2 aromatic rings. The monoisotopic (exact) mass is 437 g/mol. The topological polar surface area (TPSA) is 72.3 Å². The lowest BCUT2D eigenvalue weighted by atomic mass is 10.1. The molecule has 0 radical (unpaired) electrons. The summed E-state index contributed by atoms with van der Waals surface area (Å²) in [6, 6.07) is 5.34. The molecule has 1 fully saturated rings. The smallest absolute Gasteiger partial charge is 0.368 e. The van der Waals surface area contributed by atoms with Gasteiger partial charge in [0.15, 0.2) is 0 Å². The van der Waals surface area contributed by atoms with Crippen LogP contribution in [0.5, 0.6) is 0 Å². The maximum absolute atomic E-state index is 12.7. The molecule has 2 aliphatic rings. The summed E-state index contributed by atoms with van der Waals surface area (Å²) in [5, 5.41) is 11.5. The van der Waals surface area contributed by atoms with E-state index in [4.69, 9.17) is 4.74 Å². The average Bonchev–Trinajstić information content (AvgIpc) is 3.36. The van der Waals surface area contributed by atoms with Crippen LogP contribution in [-0.4, -0.2) is 57.9 Å². The number of rotatable bonds is 6. The Morgan fingerprint density at radius 2 is 1.97 bits per heavy atom. The fourth-order valence-electron chi connectivity index (χ4n) is 4.02. The molecule has 0 aliphatic carbocycles. The van der Waals surface area contributed by atoms with Gasteiger partial charge in [-0.2, -0.15) is 13.2 Å². The Hall–Kier alpha value is -2.46. The Balaban J connectivity index is 1.29. The molecule has 1 amide bonds. The van der Waals surface area contributed by atoms with E-state index in [1.807, 2.05) is 0 Å². The minimum absolute atomic E-state index is 0.0733. The summed E-state index contributed by atoms with van der Waals surface area (Å²) in [4.78, 5) is 14.3. The zero-order valence-corrected chi connectivity index (χ0v) is 17.2. The fraction of sp³-hybridized carbons (Fsp3) is 0.571. The van der Waals surface area contributed by atoms with Crippen LogP contribution in [0.25, 0.3) is 0 Å². The molecule has 0 spiro atoms. The predicted molar refractivity (Wildman–Crippen MR) is 106 cm³/mol. The second-order valence-corrected chi connectivity index (χ2v) is 7.95. The lowest BCUT2D eigenvalue weighted by molar-refractivity contribution is -0.137. The third kappa shape index (κ3) is 5.43. The van der Waals surface area contributed by atoms with Gasteiger partial charge in [0, 0.05) is 52.2 Å². The van der Waals surface area contributed by atoms with Crippen molar-refractivity contribution in [2.24, 2.45) is 0 Å². The van der Waals surface area contributed by atoms with Crippen LogP contribution in [0.15, 0.2) is 24.3 Å². The predicted octanol–water partition coefficient (Wildman–Crippen LogP) is 2.19. The molecule has 0 bridgehead atoms. The Bertz CT molecular complexity index is 891. The first-order chi connectivity index (χ1) is 14.9.